The third-order valence-electron chi connectivity index (χ3n) is 6.78. The minimum Gasteiger partial charge on any atom is -0.349 e. The largest absolute Gasteiger partial charge is 0.460 e. The molecule has 18 heteroatoms. The van der Waals surface area contributed by atoms with E-state index in [1.807, 2.05) is 0 Å². The number of aryl methyl sites for hydroxylation is 2. The number of nitrogens with one attached hydrogen (secondary N) is 2. The Morgan fingerprint density at radius 3 is 2.36 bits per heavy atom. The Hall–Kier alpha value is -4.54. The minimum atomic E-state index is -6.55. The van der Waals surface area contributed by atoms with E-state index in [0.29, 0.717) is 15.9 Å². The normalized spacial score (nSPS) is 14.0. The molecular formula is C27H22ClF7N8O2. The Balaban J connectivity index is 1.49. The summed E-state index contributed by atoms with van der Waals surface area (Å²) in [4.78, 5) is 31.3. The van der Waals surface area contributed by atoms with E-state index in [2.05, 4.69) is 30.9 Å². The van der Waals surface area contributed by atoms with Crippen LogP contribution in [0.15, 0.2) is 42.7 Å². The molecule has 0 bridgehead atoms. The summed E-state index contributed by atoms with van der Waals surface area (Å²) in [6.07, 6.45) is -3.42. The summed E-state index contributed by atoms with van der Waals surface area (Å²) in [6, 6.07) is 7.43. The van der Waals surface area contributed by atoms with Crippen LogP contribution in [0.5, 0.6) is 0 Å². The van der Waals surface area contributed by atoms with Crippen LogP contribution in [0, 0.1) is 13.8 Å². The standard InChI is InChI=1S/C27H22ClF7N8O2/c1-13-4-3-7-36-22(13)43-19(24(45)39-21-14(2)8-15(28)9-18(21)23(44)38-16-5-6-16)10-17(40-43)12-42-37-11-20(41-42)25(29,30)26(31,32)27(33,34)35/h3-4,7-11,16H,5-6,12H2,1-2H3,(H,38,44)(H,39,45). The van der Waals surface area contributed by atoms with E-state index < -0.39 is 42.1 Å². The molecule has 3 heterocycles. The fourth-order valence-corrected chi connectivity index (χ4v) is 4.56. The number of rotatable bonds is 9. The van der Waals surface area contributed by atoms with Crippen LogP contribution in [0.4, 0.5) is 36.4 Å². The molecule has 0 saturated heterocycles. The van der Waals surface area contributed by atoms with Crippen LogP contribution in [0.3, 0.4) is 0 Å². The van der Waals surface area contributed by atoms with Crippen LogP contribution >= 0.6 is 11.6 Å². The lowest BCUT2D eigenvalue weighted by molar-refractivity contribution is -0.360. The van der Waals surface area contributed by atoms with E-state index in [1.165, 1.54) is 24.4 Å². The first-order valence-electron chi connectivity index (χ1n) is 13.2. The van der Waals surface area contributed by atoms with Crippen molar-refractivity contribution in [2.75, 3.05) is 5.32 Å². The summed E-state index contributed by atoms with van der Waals surface area (Å²) in [7, 11) is 0. The van der Waals surface area contributed by atoms with Crippen LogP contribution in [-0.4, -0.2) is 59.7 Å². The summed E-state index contributed by atoms with van der Waals surface area (Å²) in [5.74, 6) is -13.2. The zero-order valence-corrected chi connectivity index (χ0v) is 24.0. The van der Waals surface area contributed by atoms with Crippen molar-refractivity contribution < 1.29 is 40.3 Å². The van der Waals surface area contributed by atoms with Gasteiger partial charge in [0.15, 0.2) is 11.5 Å². The van der Waals surface area contributed by atoms with E-state index in [-0.39, 0.29) is 45.7 Å². The van der Waals surface area contributed by atoms with Crippen molar-refractivity contribution in [2.24, 2.45) is 0 Å². The number of hydrogen-bond acceptors (Lipinski definition) is 6. The fourth-order valence-electron chi connectivity index (χ4n) is 4.29. The molecular weight excluding hydrogens is 637 g/mol. The molecule has 0 radical (unpaired) electrons. The van der Waals surface area contributed by atoms with Crippen LogP contribution in [0.2, 0.25) is 5.02 Å². The summed E-state index contributed by atoms with van der Waals surface area (Å²) in [5.41, 5.74) is -0.873. The monoisotopic (exact) mass is 658 g/mol. The van der Waals surface area contributed by atoms with Gasteiger partial charge in [0.05, 0.1) is 23.1 Å². The first-order valence-corrected chi connectivity index (χ1v) is 13.5. The molecule has 45 heavy (non-hydrogen) atoms. The van der Waals surface area contributed by atoms with Crippen molar-refractivity contribution in [3.05, 3.63) is 81.5 Å². The van der Waals surface area contributed by atoms with E-state index in [9.17, 15) is 40.3 Å². The van der Waals surface area contributed by atoms with Gasteiger partial charge in [-0.3, -0.25) is 9.59 Å². The molecule has 1 saturated carbocycles. The maximum atomic E-state index is 14.1. The molecule has 0 aliphatic heterocycles. The van der Waals surface area contributed by atoms with Gasteiger partial charge in [-0.05, 0) is 62.1 Å². The van der Waals surface area contributed by atoms with Gasteiger partial charge in [0.2, 0.25) is 0 Å². The molecule has 0 unspecified atom stereocenters. The molecule has 5 rings (SSSR count). The SMILES string of the molecule is Cc1cccnc1-n1nc(Cn2ncc(C(F)(F)C(F)(F)C(F)(F)F)n2)cc1C(=O)Nc1c(C)cc(Cl)cc1C(=O)NC1CC1. The van der Waals surface area contributed by atoms with Gasteiger partial charge < -0.3 is 10.6 Å². The third kappa shape index (κ3) is 6.21. The maximum absolute atomic E-state index is 14.1. The molecule has 0 spiro atoms. The Kier molecular flexibility index (Phi) is 8.10. The molecule has 3 aromatic heterocycles. The summed E-state index contributed by atoms with van der Waals surface area (Å²) in [6.45, 7) is 2.68. The number of nitrogens with zero attached hydrogens (tertiary/aromatic N) is 6. The fraction of sp³-hybridized carbons (Fsp3) is 0.333. The van der Waals surface area contributed by atoms with Crippen molar-refractivity contribution in [1.29, 1.82) is 0 Å². The molecule has 0 atom stereocenters. The lowest BCUT2D eigenvalue weighted by Gasteiger charge is -2.26. The second-order valence-corrected chi connectivity index (χ2v) is 10.8. The first-order chi connectivity index (χ1) is 21.0. The van der Waals surface area contributed by atoms with Crippen molar-refractivity contribution >= 4 is 29.1 Å². The predicted molar refractivity (Wildman–Crippen MR) is 145 cm³/mol. The topological polar surface area (TPSA) is 120 Å². The molecule has 238 valence electrons. The first kappa shape index (κ1) is 31.9. The van der Waals surface area contributed by atoms with E-state index in [4.69, 9.17) is 11.6 Å². The van der Waals surface area contributed by atoms with Gasteiger partial charge in [-0.2, -0.15) is 50.8 Å². The Morgan fingerprint density at radius 2 is 1.71 bits per heavy atom. The quantitative estimate of drug-likeness (QED) is 0.226. The van der Waals surface area contributed by atoms with Crippen LogP contribution in [0.25, 0.3) is 5.82 Å². The molecule has 4 aromatic rings. The Labute approximate surface area is 254 Å². The van der Waals surface area contributed by atoms with Gasteiger partial charge in [0.1, 0.15) is 12.2 Å². The smallest absolute Gasteiger partial charge is 0.349 e. The molecule has 2 N–H and O–H groups in total. The number of carbonyl (C=O) groups is 2. The van der Waals surface area contributed by atoms with Gasteiger partial charge in [-0.25, -0.2) is 9.67 Å². The molecule has 1 aromatic carbocycles. The number of halogens is 8. The van der Waals surface area contributed by atoms with E-state index >= 15 is 0 Å². The second-order valence-electron chi connectivity index (χ2n) is 10.3. The lowest BCUT2D eigenvalue weighted by atomic mass is 10.1. The zero-order chi connectivity index (χ0) is 32.9. The highest BCUT2D eigenvalue weighted by molar-refractivity contribution is 6.31. The number of amides is 2. The van der Waals surface area contributed by atoms with Gasteiger partial charge in [-0.1, -0.05) is 17.7 Å². The highest BCUT2D eigenvalue weighted by Crippen LogP contribution is 2.51. The van der Waals surface area contributed by atoms with Gasteiger partial charge in [0.25, 0.3) is 11.8 Å². The number of aromatic nitrogens is 6. The molecule has 1 aliphatic rings. The van der Waals surface area contributed by atoms with Crippen LogP contribution < -0.4 is 10.6 Å². The highest BCUT2D eigenvalue weighted by atomic mass is 35.5. The zero-order valence-electron chi connectivity index (χ0n) is 23.3. The Bertz CT molecular complexity index is 1780. The summed E-state index contributed by atoms with van der Waals surface area (Å²) in [5, 5.41) is 16.6. The number of carbonyl (C=O) groups excluding carboxylic acids is 2. The summed E-state index contributed by atoms with van der Waals surface area (Å²) >= 11 is 6.18. The highest BCUT2D eigenvalue weighted by Gasteiger charge is 2.74. The van der Waals surface area contributed by atoms with Crippen molar-refractivity contribution in [3.8, 4) is 5.82 Å². The van der Waals surface area contributed by atoms with Crippen molar-refractivity contribution in [3.63, 3.8) is 0 Å². The maximum Gasteiger partial charge on any atom is 0.460 e. The molecule has 1 aliphatic carbocycles. The molecule has 1 fully saturated rings. The molecule has 2 amide bonds. The van der Waals surface area contributed by atoms with Gasteiger partial charge in [0, 0.05) is 17.3 Å². The lowest BCUT2D eigenvalue weighted by Crippen LogP contribution is -2.50. The Morgan fingerprint density at radius 1 is 1.00 bits per heavy atom. The number of alkyl halides is 7. The number of hydrogen-bond donors (Lipinski definition) is 2. The number of pyridine rings is 1. The van der Waals surface area contributed by atoms with E-state index in [0.717, 1.165) is 17.5 Å². The summed E-state index contributed by atoms with van der Waals surface area (Å²) < 4.78 is 94.4. The molecule has 10 nitrogen and oxygen atoms in total. The van der Waals surface area contributed by atoms with E-state index in [1.54, 1.807) is 26.0 Å². The average molecular weight is 659 g/mol. The third-order valence-corrected chi connectivity index (χ3v) is 7.00. The van der Waals surface area contributed by atoms with Crippen LogP contribution in [0.1, 0.15) is 56.2 Å². The second kappa shape index (κ2) is 11.4. The van der Waals surface area contributed by atoms with Gasteiger partial charge in [-0.15, -0.1) is 0 Å². The van der Waals surface area contributed by atoms with Crippen molar-refractivity contribution in [1.82, 2.24) is 35.1 Å². The number of anilines is 1. The predicted octanol–water partition coefficient (Wildman–Crippen LogP) is 5.61. The number of benzene rings is 1. The minimum absolute atomic E-state index is 0.00696. The van der Waals surface area contributed by atoms with Crippen LogP contribution in [-0.2, 0) is 12.5 Å². The van der Waals surface area contributed by atoms with Crippen molar-refractivity contribution in [2.45, 2.75) is 57.3 Å². The van der Waals surface area contributed by atoms with Gasteiger partial charge >= 0.3 is 18.0 Å². The average Bonchev–Trinajstić information content (AvgIpc) is 3.46.